The van der Waals surface area contributed by atoms with Crippen molar-refractivity contribution in [2.45, 2.75) is 13.5 Å². The summed E-state index contributed by atoms with van der Waals surface area (Å²) < 4.78 is 24.4. The molecular weight excluding hydrogens is 291 g/mol. The summed E-state index contributed by atoms with van der Waals surface area (Å²) in [5, 5.41) is 0. The minimum Gasteiger partial charge on any atom is -0.494 e. The third-order valence-corrected chi connectivity index (χ3v) is 3.21. The molecule has 7 heteroatoms. The second kappa shape index (κ2) is 6.38. The molecular formula is C15H15FN2O4. The molecule has 2 rings (SSSR count). The Morgan fingerprint density at radius 2 is 2.09 bits per heavy atom. The number of carbonyl (C=O) groups excluding carboxylic acids is 1. The Balaban J connectivity index is 2.43. The number of benzene rings is 1. The van der Waals surface area contributed by atoms with Crippen LogP contribution in [0.25, 0.3) is 0 Å². The van der Waals surface area contributed by atoms with Gasteiger partial charge in [-0.15, -0.1) is 0 Å². The van der Waals surface area contributed by atoms with Crippen molar-refractivity contribution in [3.63, 3.8) is 0 Å². The minimum atomic E-state index is -0.757. The maximum absolute atomic E-state index is 13.7. The summed E-state index contributed by atoms with van der Waals surface area (Å²) in [7, 11) is 2.56. The zero-order valence-electron chi connectivity index (χ0n) is 12.4. The van der Waals surface area contributed by atoms with Crippen LogP contribution in [0.2, 0.25) is 0 Å². The van der Waals surface area contributed by atoms with E-state index in [0.717, 1.165) is 0 Å². The normalized spacial score (nSPS) is 10.4. The molecule has 1 aromatic carbocycles. The Labute approximate surface area is 126 Å². The number of hydrogen-bond donors (Lipinski definition) is 0. The van der Waals surface area contributed by atoms with Crippen LogP contribution in [0.3, 0.4) is 0 Å². The molecule has 0 amide bonds. The van der Waals surface area contributed by atoms with Crippen LogP contribution in [-0.2, 0) is 11.3 Å². The van der Waals surface area contributed by atoms with Gasteiger partial charge in [-0.25, -0.2) is 14.2 Å². The quantitative estimate of drug-likeness (QED) is 0.801. The lowest BCUT2D eigenvalue weighted by atomic mass is 10.2. The Morgan fingerprint density at radius 3 is 2.68 bits per heavy atom. The average Bonchev–Trinajstić information content (AvgIpc) is 2.51. The van der Waals surface area contributed by atoms with Crippen molar-refractivity contribution >= 4 is 5.97 Å². The number of rotatable bonds is 4. The lowest BCUT2D eigenvalue weighted by molar-refractivity contribution is 0.0597. The highest BCUT2D eigenvalue weighted by molar-refractivity contribution is 5.88. The van der Waals surface area contributed by atoms with Crippen molar-refractivity contribution in [3.8, 4) is 5.75 Å². The Hall–Kier alpha value is -2.70. The SMILES string of the molecule is COC(=O)c1cnc(C)n(Cc2ccc(OC)c(F)c2)c1=O. The average molecular weight is 306 g/mol. The second-order valence-corrected chi connectivity index (χ2v) is 4.57. The van der Waals surface area contributed by atoms with Crippen LogP contribution in [0.1, 0.15) is 21.7 Å². The molecule has 0 unspecified atom stereocenters. The third-order valence-electron chi connectivity index (χ3n) is 3.21. The Kier molecular flexibility index (Phi) is 4.55. The number of aryl methyl sites for hydroxylation is 1. The summed E-state index contributed by atoms with van der Waals surface area (Å²) in [6.45, 7) is 1.71. The summed E-state index contributed by atoms with van der Waals surface area (Å²) in [6, 6.07) is 4.39. The third kappa shape index (κ3) is 2.98. The van der Waals surface area contributed by atoms with E-state index in [0.29, 0.717) is 11.4 Å². The molecule has 0 N–H and O–H groups in total. The highest BCUT2D eigenvalue weighted by Gasteiger charge is 2.15. The van der Waals surface area contributed by atoms with Crippen LogP contribution in [-0.4, -0.2) is 29.7 Å². The van der Waals surface area contributed by atoms with E-state index in [1.807, 2.05) is 0 Å². The number of methoxy groups -OCH3 is 2. The van der Waals surface area contributed by atoms with Crippen molar-refractivity contribution in [1.82, 2.24) is 9.55 Å². The van der Waals surface area contributed by atoms with Gasteiger partial charge in [0.25, 0.3) is 5.56 Å². The van der Waals surface area contributed by atoms with Crippen LogP contribution >= 0.6 is 0 Å². The maximum atomic E-state index is 13.7. The monoisotopic (exact) mass is 306 g/mol. The van der Waals surface area contributed by atoms with Gasteiger partial charge in [0.05, 0.1) is 20.8 Å². The molecule has 2 aromatic rings. The van der Waals surface area contributed by atoms with Crippen LogP contribution in [0.4, 0.5) is 4.39 Å². The van der Waals surface area contributed by atoms with Crippen molar-refractivity contribution in [2.75, 3.05) is 14.2 Å². The molecule has 0 spiro atoms. The second-order valence-electron chi connectivity index (χ2n) is 4.57. The molecule has 1 heterocycles. The standard InChI is InChI=1S/C15H15FN2O4/c1-9-17-7-11(15(20)22-3)14(19)18(9)8-10-4-5-13(21-2)12(16)6-10/h4-7H,8H2,1-3H3. The lowest BCUT2D eigenvalue weighted by Crippen LogP contribution is -2.30. The van der Waals surface area contributed by atoms with Crippen LogP contribution in [0.15, 0.2) is 29.2 Å². The van der Waals surface area contributed by atoms with Gasteiger partial charge >= 0.3 is 5.97 Å². The van der Waals surface area contributed by atoms with Gasteiger partial charge in [-0.1, -0.05) is 6.07 Å². The van der Waals surface area contributed by atoms with E-state index in [-0.39, 0.29) is 17.9 Å². The molecule has 0 radical (unpaired) electrons. The van der Waals surface area contributed by atoms with Crippen molar-refractivity contribution in [1.29, 1.82) is 0 Å². The molecule has 6 nitrogen and oxygen atoms in total. The van der Waals surface area contributed by atoms with Gasteiger partial charge in [-0.3, -0.25) is 9.36 Å². The number of carbonyl (C=O) groups is 1. The largest absolute Gasteiger partial charge is 0.494 e. The van der Waals surface area contributed by atoms with Gasteiger partial charge in [0.15, 0.2) is 11.6 Å². The molecule has 0 bridgehead atoms. The number of aromatic nitrogens is 2. The molecule has 0 aliphatic carbocycles. The van der Waals surface area contributed by atoms with Gasteiger partial charge in [0.2, 0.25) is 0 Å². The molecule has 0 aliphatic rings. The first kappa shape index (κ1) is 15.7. The molecule has 0 saturated heterocycles. The molecule has 0 aliphatic heterocycles. The van der Waals surface area contributed by atoms with Crippen LogP contribution in [0.5, 0.6) is 5.75 Å². The summed E-state index contributed by atoms with van der Waals surface area (Å²) >= 11 is 0. The van der Waals surface area contributed by atoms with Crippen LogP contribution in [0, 0.1) is 12.7 Å². The fraction of sp³-hybridized carbons (Fsp3) is 0.267. The van der Waals surface area contributed by atoms with E-state index in [2.05, 4.69) is 9.72 Å². The molecule has 0 saturated carbocycles. The smallest absolute Gasteiger partial charge is 0.345 e. The van der Waals surface area contributed by atoms with E-state index >= 15 is 0 Å². The van der Waals surface area contributed by atoms with Gasteiger partial charge in [-0.05, 0) is 24.6 Å². The lowest BCUT2D eigenvalue weighted by Gasteiger charge is -2.11. The minimum absolute atomic E-state index is 0.0867. The molecule has 0 atom stereocenters. The molecule has 0 fully saturated rings. The predicted octanol–water partition coefficient (Wildman–Crippen LogP) is 1.53. The summed E-state index contributed by atoms with van der Waals surface area (Å²) in [6.07, 6.45) is 1.18. The first-order valence-electron chi connectivity index (χ1n) is 6.45. The number of esters is 1. The fourth-order valence-electron chi connectivity index (χ4n) is 2.00. The fourth-order valence-corrected chi connectivity index (χ4v) is 2.00. The summed E-state index contributed by atoms with van der Waals surface area (Å²) in [5.41, 5.74) is -0.148. The first-order chi connectivity index (χ1) is 10.5. The van der Waals surface area contributed by atoms with Gasteiger partial charge in [0.1, 0.15) is 11.4 Å². The maximum Gasteiger partial charge on any atom is 0.345 e. The van der Waals surface area contributed by atoms with E-state index in [1.165, 1.54) is 37.1 Å². The predicted molar refractivity (Wildman–Crippen MR) is 76.6 cm³/mol. The number of halogens is 1. The van der Waals surface area contributed by atoms with Crippen molar-refractivity contribution in [3.05, 3.63) is 57.5 Å². The van der Waals surface area contributed by atoms with Crippen LogP contribution < -0.4 is 10.3 Å². The molecule has 1 aromatic heterocycles. The number of ether oxygens (including phenoxy) is 2. The van der Waals surface area contributed by atoms with E-state index in [4.69, 9.17) is 4.74 Å². The Bertz CT molecular complexity index is 771. The summed E-state index contributed by atoms with van der Waals surface area (Å²) in [5.74, 6) is -0.752. The van der Waals surface area contributed by atoms with Crippen molar-refractivity contribution < 1.29 is 18.7 Å². The van der Waals surface area contributed by atoms with Gasteiger partial charge < -0.3 is 9.47 Å². The van der Waals surface area contributed by atoms with E-state index in [9.17, 15) is 14.0 Å². The van der Waals surface area contributed by atoms with Gasteiger partial charge in [0, 0.05) is 6.20 Å². The highest BCUT2D eigenvalue weighted by atomic mass is 19.1. The Morgan fingerprint density at radius 1 is 1.36 bits per heavy atom. The topological polar surface area (TPSA) is 70.4 Å². The zero-order valence-corrected chi connectivity index (χ0v) is 12.4. The first-order valence-corrected chi connectivity index (χ1v) is 6.45. The van der Waals surface area contributed by atoms with E-state index in [1.54, 1.807) is 13.0 Å². The number of nitrogens with zero attached hydrogens (tertiary/aromatic N) is 2. The zero-order chi connectivity index (χ0) is 16.3. The molecule has 116 valence electrons. The van der Waals surface area contributed by atoms with Crippen molar-refractivity contribution in [2.24, 2.45) is 0 Å². The number of hydrogen-bond acceptors (Lipinski definition) is 5. The highest BCUT2D eigenvalue weighted by Crippen LogP contribution is 2.18. The van der Waals surface area contributed by atoms with Gasteiger partial charge in [-0.2, -0.15) is 0 Å². The molecule has 22 heavy (non-hydrogen) atoms. The van der Waals surface area contributed by atoms with E-state index < -0.39 is 17.3 Å². The summed E-state index contributed by atoms with van der Waals surface area (Å²) in [4.78, 5) is 27.8.